The van der Waals surface area contributed by atoms with Gasteiger partial charge in [0.2, 0.25) is 0 Å². The van der Waals surface area contributed by atoms with E-state index in [1.165, 1.54) is 6.07 Å². The first-order valence-corrected chi connectivity index (χ1v) is 5.91. The fourth-order valence-corrected chi connectivity index (χ4v) is 2.44. The standard InChI is InChI=1S/C15H14FNO/c16-14-4-2-1-3-13(14)15(9-18-10-15)11-5-7-12(17)8-6-11/h1-8H,9-10,17H2. The molecule has 0 atom stereocenters. The molecule has 1 fully saturated rings. The lowest BCUT2D eigenvalue weighted by Crippen LogP contribution is -2.48. The molecular formula is C15H14FNO. The van der Waals surface area contributed by atoms with Crippen molar-refractivity contribution in [3.05, 3.63) is 65.5 Å². The summed E-state index contributed by atoms with van der Waals surface area (Å²) in [6.45, 7) is 1.02. The minimum atomic E-state index is -0.362. The van der Waals surface area contributed by atoms with E-state index in [2.05, 4.69) is 0 Å². The molecule has 2 aromatic carbocycles. The molecule has 3 heteroatoms. The van der Waals surface area contributed by atoms with E-state index in [9.17, 15) is 4.39 Å². The van der Waals surface area contributed by atoms with Crippen LogP contribution in [0.25, 0.3) is 0 Å². The van der Waals surface area contributed by atoms with Crippen LogP contribution in [0.1, 0.15) is 11.1 Å². The highest BCUT2D eigenvalue weighted by Gasteiger charge is 2.43. The van der Waals surface area contributed by atoms with Crippen LogP contribution < -0.4 is 5.73 Å². The summed E-state index contributed by atoms with van der Waals surface area (Å²) in [5, 5.41) is 0. The molecule has 2 N–H and O–H groups in total. The van der Waals surface area contributed by atoms with E-state index in [1.54, 1.807) is 6.07 Å². The van der Waals surface area contributed by atoms with Crippen molar-refractivity contribution in [1.29, 1.82) is 0 Å². The van der Waals surface area contributed by atoms with E-state index in [1.807, 2.05) is 36.4 Å². The summed E-state index contributed by atoms with van der Waals surface area (Å²) in [4.78, 5) is 0. The molecular weight excluding hydrogens is 229 g/mol. The van der Waals surface area contributed by atoms with Gasteiger partial charge in [0.1, 0.15) is 5.82 Å². The first-order chi connectivity index (χ1) is 8.72. The number of ether oxygens (including phenoxy) is 1. The summed E-state index contributed by atoms with van der Waals surface area (Å²) in [6.07, 6.45) is 0. The average molecular weight is 243 g/mol. The quantitative estimate of drug-likeness (QED) is 0.823. The Morgan fingerprint density at radius 1 is 1.00 bits per heavy atom. The van der Waals surface area contributed by atoms with Gasteiger partial charge >= 0.3 is 0 Å². The Labute approximate surface area is 105 Å². The molecule has 1 heterocycles. The smallest absolute Gasteiger partial charge is 0.127 e. The van der Waals surface area contributed by atoms with Gasteiger partial charge in [-0.05, 0) is 23.8 Å². The lowest BCUT2D eigenvalue weighted by molar-refractivity contribution is -0.0395. The molecule has 0 saturated carbocycles. The SMILES string of the molecule is Nc1ccc(C2(c3ccccc3F)COC2)cc1. The minimum Gasteiger partial charge on any atom is -0.399 e. The topological polar surface area (TPSA) is 35.2 Å². The summed E-state index contributed by atoms with van der Waals surface area (Å²) in [7, 11) is 0. The lowest BCUT2D eigenvalue weighted by atomic mass is 9.72. The molecule has 1 aliphatic heterocycles. The fourth-order valence-electron chi connectivity index (χ4n) is 2.44. The Hall–Kier alpha value is -1.87. The van der Waals surface area contributed by atoms with Gasteiger partial charge in [-0.2, -0.15) is 0 Å². The lowest BCUT2D eigenvalue weighted by Gasteiger charge is -2.42. The molecule has 1 saturated heterocycles. The predicted octanol–water partition coefficient (Wildman–Crippen LogP) is 2.72. The maximum absolute atomic E-state index is 14.0. The van der Waals surface area contributed by atoms with Crippen molar-refractivity contribution in [2.24, 2.45) is 0 Å². The molecule has 2 aromatic rings. The molecule has 0 aromatic heterocycles. The Bertz CT molecular complexity index is 561. The van der Waals surface area contributed by atoms with Gasteiger partial charge in [-0.25, -0.2) is 4.39 Å². The molecule has 1 aliphatic rings. The van der Waals surface area contributed by atoms with Crippen molar-refractivity contribution in [2.45, 2.75) is 5.41 Å². The van der Waals surface area contributed by atoms with Gasteiger partial charge < -0.3 is 10.5 Å². The van der Waals surface area contributed by atoms with Crippen LogP contribution in [-0.2, 0) is 10.2 Å². The molecule has 0 spiro atoms. The zero-order valence-electron chi connectivity index (χ0n) is 9.90. The second-order valence-corrected chi connectivity index (χ2v) is 4.68. The Balaban J connectivity index is 2.11. The van der Waals surface area contributed by atoms with Crippen molar-refractivity contribution in [1.82, 2.24) is 0 Å². The van der Waals surface area contributed by atoms with Crippen LogP contribution in [0.3, 0.4) is 0 Å². The summed E-state index contributed by atoms with van der Waals surface area (Å²) >= 11 is 0. The Kier molecular flexibility index (Phi) is 2.56. The van der Waals surface area contributed by atoms with Gasteiger partial charge in [0.05, 0.1) is 18.6 Å². The molecule has 0 aliphatic carbocycles. The Morgan fingerprint density at radius 3 is 2.22 bits per heavy atom. The number of benzene rings is 2. The summed E-state index contributed by atoms with van der Waals surface area (Å²) < 4.78 is 19.3. The van der Waals surface area contributed by atoms with E-state index in [0.29, 0.717) is 24.5 Å². The zero-order chi connectivity index (χ0) is 12.6. The number of rotatable bonds is 2. The van der Waals surface area contributed by atoms with Crippen LogP contribution in [0.4, 0.5) is 10.1 Å². The molecule has 3 rings (SSSR count). The van der Waals surface area contributed by atoms with Gasteiger partial charge in [0.25, 0.3) is 0 Å². The van der Waals surface area contributed by atoms with Gasteiger partial charge in [0.15, 0.2) is 0 Å². The predicted molar refractivity (Wildman–Crippen MR) is 68.9 cm³/mol. The second-order valence-electron chi connectivity index (χ2n) is 4.68. The molecule has 2 nitrogen and oxygen atoms in total. The highest BCUT2D eigenvalue weighted by molar-refractivity contribution is 5.47. The van der Waals surface area contributed by atoms with E-state index < -0.39 is 0 Å². The summed E-state index contributed by atoms with van der Waals surface area (Å²) in [6, 6.07) is 14.5. The highest BCUT2D eigenvalue weighted by Crippen LogP contribution is 2.40. The highest BCUT2D eigenvalue weighted by atomic mass is 19.1. The summed E-state index contributed by atoms with van der Waals surface area (Å²) in [5.74, 6) is -0.183. The monoisotopic (exact) mass is 243 g/mol. The average Bonchev–Trinajstić information content (AvgIpc) is 2.32. The number of nitrogen functional groups attached to an aromatic ring is 1. The molecule has 18 heavy (non-hydrogen) atoms. The van der Waals surface area contributed by atoms with Crippen molar-refractivity contribution in [2.75, 3.05) is 18.9 Å². The van der Waals surface area contributed by atoms with Crippen LogP contribution in [0.15, 0.2) is 48.5 Å². The molecule has 0 amide bonds. The number of hydrogen-bond acceptors (Lipinski definition) is 2. The van der Waals surface area contributed by atoms with Gasteiger partial charge in [0, 0.05) is 11.3 Å². The summed E-state index contributed by atoms with van der Waals surface area (Å²) in [5.41, 5.74) is 7.79. The van der Waals surface area contributed by atoms with E-state index in [4.69, 9.17) is 10.5 Å². The first-order valence-electron chi connectivity index (χ1n) is 5.91. The Morgan fingerprint density at radius 2 is 1.67 bits per heavy atom. The number of halogens is 1. The second kappa shape index (κ2) is 4.10. The van der Waals surface area contributed by atoms with Gasteiger partial charge in [-0.1, -0.05) is 30.3 Å². The molecule has 0 unspecified atom stereocenters. The third kappa shape index (κ3) is 1.59. The van der Waals surface area contributed by atoms with Crippen molar-refractivity contribution in [3.63, 3.8) is 0 Å². The number of hydrogen-bond donors (Lipinski definition) is 1. The van der Waals surface area contributed by atoms with Crippen LogP contribution >= 0.6 is 0 Å². The number of anilines is 1. The largest absolute Gasteiger partial charge is 0.399 e. The van der Waals surface area contributed by atoms with Crippen LogP contribution in [0.2, 0.25) is 0 Å². The van der Waals surface area contributed by atoms with E-state index in [0.717, 1.165) is 5.56 Å². The first kappa shape index (κ1) is 11.2. The zero-order valence-corrected chi connectivity index (χ0v) is 9.90. The van der Waals surface area contributed by atoms with Gasteiger partial charge in [-0.15, -0.1) is 0 Å². The third-order valence-electron chi connectivity index (χ3n) is 3.55. The van der Waals surface area contributed by atoms with Crippen LogP contribution in [0.5, 0.6) is 0 Å². The van der Waals surface area contributed by atoms with Crippen molar-refractivity contribution < 1.29 is 9.13 Å². The molecule has 0 bridgehead atoms. The van der Waals surface area contributed by atoms with E-state index >= 15 is 0 Å². The number of nitrogens with two attached hydrogens (primary N) is 1. The van der Waals surface area contributed by atoms with Gasteiger partial charge in [-0.3, -0.25) is 0 Å². The fraction of sp³-hybridized carbons (Fsp3) is 0.200. The minimum absolute atomic E-state index is 0.183. The maximum atomic E-state index is 14.0. The third-order valence-corrected chi connectivity index (χ3v) is 3.55. The van der Waals surface area contributed by atoms with Crippen molar-refractivity contribution in [3.8, 4) is 0 Å². The van der Waals surface area contributed by atoms with Crippen LogP contribution in [0, 0.1) is 5.82 Å². The molecule has 92 valence electrons. The van der Waals surface area contributed by atoms with E-state index in [-0.39, 0.29) is 11.2 Å². The molecule has 0 radical (unpaired) electrons. The van der Waals surface area contributed by atoms with Crippen LogP contribution in [-0.4, -0.2) is 13.2 Å². The van der Waals surface area contributed by atoms with Crippen molar-refractivity contribution >= 4 is 5.69 Å². The maximum Gasteiger partial charge on any atom is 0.127 e. The normalized spacial score (nSPS) is 17.2.